The summed E-state index contributed by atoms with van der Waals surface area (Å²) >= 11 is 0. The molecule has 0 aromatic carbocycles. The topological polar surface area (TPSA) is 477 Å². The van der Waals surface area contributed by atoms with Gasteiger partial charge in [-0.15, -0.1) is 0 Å². The van der Waals surface area contributed by atoms with Crippen molar-refractivity contribution in [3.05, 3.63) is 11.6 Å². The van der Waals surface area contributed by atoms with E-state index in [9.17, 15) is 89.3 Å². The van der Waals surface area contributed by atoms with E-state index < -0.39 is 230 Å². The molecule has 6 heterocycles. The Morgan fingerprint density at radius 1 is 0.568 bits per heavy atom. The molecule has 6 aliphatic heterocycles. The van der Waals surface area contributed by atoms with Crippen molar-refractivity contribution < 1.29 is 180 Å². The standard InChI is InChI=1S/C62H102O31S.Na/c1-22(2)17-28(63)20-62(10,77)36-12-11-31-30-19-34(33-18-29(93-94(78,79)80)13-15-60(33,8)32(30)14-16-61(31,36)9)87-56-48(75)51(41(68)26(6)84-56)90-58-52(91-55-47(74)44(71)38(65)24(4)83-55)42(69)35(21-81-58)88-59-53(45(72)39(66)25(5)86-59)92-57-49(76)50(40(67)27(7)85-57)89-54-46(73)43(70)37(64)23(3)82-54;/h14,22-27,29-31,33-59,64-77H,11-13,15-21H2,1-10H3,(H,78,79,80);/q;+1/p-1/t23?,24?,25?,26?,27?,29-,30?,31?,33?,34-,35?,36-,37?,38?,39?,40?,41?,42?,43?,44?,45?,46?,47?,48?,49?,50?,51?,52?,53?,54?,55?,56?,57?,58?,59?,60+,61-,62?;/m0./s1. The summed E-state index contributed by atoms with van der Waals surface area (Å²) < 4.78 is 115. The molecule has 0 aromatic heterocycles. The van der Waals surface area contributed by atoms with Gasteiger partial charge in [0.1, 0.15) is 116 Å². The average Bonchev–Trinajstić information content (AvgIpc) is 1.68. The Morgan fingerprint density at radius 3 is 1.55 bits per heavy atom. The number of aliphatic hydroxyl groups excluding tert-OH is 13. The fourth-order valence-corrected chi connectivity index (χ4v) is 17.6. The van der Waals surface area contributed by atoms with Gasteiger partial charge in [-0.25, -0.2) is 8.42 Å². The predicted octanol–water partition coefficient (Wildman–Crippen LogP) is -6.14. The molecule has 33 heteroatoms. The molecule has 0 bridgehead atoms. The Labute approximate surface area is 574 Å². The van der Waals surface area contributed by atoms with E-state index >= 15 is 0 Å². The van der Waals surface area contributed by atoms with Crippen LogP contribution in [-0.2, 0) is 76.2 Å². The molecule has 14 N–H and O–H groups in total. The molecule has 95 heavy (non-hydrogen) atoms. The summed E-state index contributed by atoms with van der Waals surface area (Å²) in [6.45, 7) is 16.2. The van der Waals surface area contributed by atoms with Crippen LogP contribution in [0.15, 0.2) is 11.6 Å². The normalized spacial score (nSPS) is 51.9. The number of fused-ring (bicyclic) bond motifs is 5. The number of rotatable bonds is 19. The zero-order valence-corrected chi connectivity index (χ0v) is 58.4. The van der Waals surface area contributed by atoms with Crippen LogP contribution in [0.1, 0.15) is 127 Å². The third-order valence-corrected chi connectivity index (χ3v) is 22.8. The van der Waals surface area contributed by atoms with Gasteiger partial charge in [0.2, 0.25) is 10.4 Å². The fraction of sp³-hybridized carbons (Fsp3) is 0.952. The van der Waals surface area contributed by atoms with Crippen LogP contribution in [-0.4, -0.2) is 293 Å². The third kappa shape index (κ3) is 15.9. The van der Waals surface area contributed by atoms with E-state index in [2.05, 4.69) is 19.9 Å². The van der Waals surface area contributed by atoms with E-state index in [0.717, 1.165) is 5.57 Å². The maximum Gasteiger partial charge on any atom is 1.00 e. The minimum absolute atomic E-state index is 0. The molecular weight excluding hydrogens is 1300 g/mol. The van der Waals surface area contributed by atoms with E-state index in [4.69, 9.17) is 61.0 Å². The molecule has 0 aromatic rings. The van der Waals surface area contributed by atoms with Gasteiger partial charge >= 0.3 is 29.6 Å². The molecule has 6 saturated heterocycles. The molecule has 0 spiro atoms. The summed E-state index contributed by atoms with van der Waals surface area (Å²) in [6.07, 6.45) is -45.2. The van der Waals surface area contributed by atoms with Gasteiger partial charge in [-0.05, 0) is 127 Å². The third-order valence-electron chi connectivity index (χ3n) is 22.3. The average molecular weight is 1400 g/mol. The molecule has 9 fully saturated rings. The van der Waals surface area contributed by atoms with Gasteiger partial charge in [0.25, 0.3) is 0 Å². The van der Waals surface area contributed by atoms with Crippen molar-refractivity contribution in [2.75, 3.05) is 6.61 Å². The van der Waals surface area contributed by atoms with Crippen molar-refractivity contribution >= 4 is 16.2 Å². The van der Waals surface area contributed by atoms with Gasteiger partial charge in [0.15, 0.2) is 37.7 Å². The monoisotopic (exact) mass is 1400 g/mol. The quantitative estimate of drug-likeness (QED) is 0.0248. The number of hydrogen-bond donors (Lipinski definition) is 14. The molecular formula is C62H101NaO31S. The summed E-state index contributed by atoms with van der Waals surface area (Å²) in [5, 5.41) is 159. The second-order valence-electron chi connectivity index (χ2n) is 29.4. The minimum Gasteiger partial charge on any atom is -0.726 e. The summed E-state index contributed by atoms with van der Waals surface area (Å²) in [5.74, 6) is -0.919. The van der Waals surface area contributed by atoms with Gasteiger partial charge < -0.3 is 133 Å². The Kier molecular flexibility index (Phi) is 25.2. The summed E-state index contributed by atoms with van der Waals surface area (Å²) in [4.78, 5) is 13.3. The van der Waals surface area contributed by atoms with Crippen molar-refractivity contribution in [2.45, 2.75) is 323 Å². The SMILES string of the molecule is CC(C)CC(=O)CC(C)(O)[C@H]1CCC2C3C[C@H](OC4OC(C)C(O)C(OC5OCC(OC6OC(C)C(O)C(O)C6OC6OC(C)C(O)C(OC7OC(C)C(O)C(O)C7O)C6O)C(O)C5OC5OC(C)C(O)C(O)C5O)C4O)C4C[C@@H](OS(=O)(=O)[O-])CC[C@]4(C)C3=CC[C@@]21C.[Na+]. The van der Waals surface area contributed by atoms with Crippen LogP contribution < -0.4 is 29.6 Å². The Hall–Kier alpha value is -0.760. The number of ketones is 1. The number of hydrogen-bond acceptors (Lipinski definition) is 31. The maximum absolute atomic E-state index is 13.3. The molecule has 33 unspecified atom stereocenters. The predicted molar refractivity (Wildman–Crippen MR) is 314 cm³/mol. The fourth-order valence-electron chi connectivity index (χ4n) is 17.1. The summed E-state index contributed by atoms with van der Waals surface area (Å²) in [7, 11) is -5.15. The van der Waals surface area contributed by atoms with Gasteiger partial charge in [-0.1, -0.05) is 39.3 Å². The first-order chi connectivity index (χ1) is 43.8. The van der Waals surface area contributed by atoms with E-state index in [1.165, 1.54) is 34.6 Å². The Balaban J connectivity index is 0.0000106. The van der Waals surface area contributed by atoms with Crippen molar-refractivity contribution in [3.8, 4) is 0 Å². The molecule has 10 rings (SSSR count). The first-order valence-electron chi connectivity index (χ1n) is 33.1. The number of carbonyl (C=O) groups is 1. The molecule has 31 nitrogen and oxygen atoms in total. The van der Waals surface area contributed by atoms with Gasteiger partial charge in [0.05, 0.1) is 54.9 Å². The molecule has 3 saturated carbocycles. The van der Waals surface area contributed by atoms with Gasteiger partial charge in [0, 0.05) is 12.8 Å². The van der Waals surface area contributed by atoms with Crippen LogP contribution in [0.5, 0.6) is 0 Å². The number of aliphatic hydroxyl groups is 14. The zero-order valence-electron chi connectivity index (χ0n) is 55.5. The van der Waals surface area contributed by atoms with E-state index in [0.29, 0.717) is 38.5 Å². The Morgan fingerprint density at radius 2 is 1.02 bits per heavy atom. The molecule has 4 aliphatic carbocycles. The molecule has 10 aliphatic rings. The number of ether oxygens (including phenoxy) is 12. The second-order valence-corrected chi connectivity index (χ2v) is 30.4. The zero-order chi connectivity index (χ0) is 68.9. The van der Waals surface area contributed by atoms with Crippen LogP contribution in [0.2, 0.25) is 0 Å². The van der Waals surface area contributed by atoms with E-state index in [1.54, 1.807) is 6.92 Å². The smallest absolute Gasteiger partial charge is 0.726 e. The molecule has 542 valence electrons. The van der Waals surface area contributed by atoms with Crippen LogP contribution in [0, 0.1) is 40.4 Å². The first kappa shape index (κ1) is 78.4. The number of carbonyl (C=O) groups excluding carboxylic acids is 1. The Bertz CT molecular complexity index is 2720. The van der Waals surface area contributed by atoms with Crippen LogP contribution >= 0.6 is 0 Å². The van der Waals surface area contributed by atoms with Crippen molar-refractivity contribution in [3.63, 3.8) is 0 Å². The second kappa shape index (κ2) is 30.5. The van der Waals surface area contributed by atoms with Gasteiger partial charge in [-0.2, -0.15) is 0 Å². The van der Waals surface area contributed by atoms with E-state index in [1.807, 2.05) is 13.8 Å². The summed E-state index contributed by atoms with van der Waals surface area (Å²) in [6, 6.07) is 0. The maximum atomic E-state index is 13.3. The first-order valence-corrected chi connectivity index (χ1v) is 34.4. The van der Waals surface area contributed by atoms with Crippen molar-refractivity contribution in [2.24, 2.45) is 40.4 Å². The largest absolute Gasteiger partial charge is 1.00 e. The molecule has 38 atom stereocenters. The number of allylic oxidation sites excluding steroid dienone is 2. The molecule has 0 amide bonds. The van der Waals surface area contributed by atoms with Crippen LogP contribution in [0.3, 0.4) is 0 Å². The van der Waals surface area contributed by atoms with Crippen LogP contribution in [0.25, 0.3) is 0 Å². The summed E-state index contributed by atoms with van der Waals surface area (Å²) in [5.41, 5.74) is -1.35. The van der Waals surface area contributed by atoms with Crippen LogP contribution in [0.4, 0.5) is 0 Å². The number of Topliss-reactive ketones (excluding diaryl/α,β-unsaturated/α-hetero) is 1. The van der Waals surface area contributed by atoms with Crippen molar-refractivity contribution in [1.82, 2.24) is 0 Å². The van der Waals surface area contributed by atoms with Crippen molar-refractivity contribution in [1.29, 1.82) is 0 Å². The van der Waals surface area contributed by atoms with E-state index in [-0.39, 0.29) is 78.3 Å². The van der Waals surface area contributed by atoms with Gasteiger partial charge in [-0.3, -0.25) is 8.98 Å². The minimum atomic E-state index is -5.15. The molecule has 0 radical (unpaired) electrons.